The van der Waals surface area contributed by atoms with Gasteiger partial charge in [-0.25, -0.2) is 4.79 Å². The van der Waals surface area contributed by atoms with Gasteiger partial charge in [0.05, 0.1) is 5.56 Å². The minimum Gasteiger partial charge on any atom is -0.410 e. The van der Waals surface area contributed by atoms with Gasteiger partial charge in [0, 0.05) is 34.2 Å². The number of benzene rings is 2. The third-order valence-electron chi connectivity index (χ3n) is 3.91. The third-order valence-corrected chi connectivity index (χ3v) is 4.24. The van der Waals surface area contributed by atoms with E-state index in [1.54, 1.807) is 43.5 Å². The molecule has 0 aliphatic rings. The Balaban J connectivity index is 1.75. The fourth-order valence-electron chi connectivity index (χ4n) is 2.47. The number of halogens is 4. The molecule has 3 rings (SSSR count). The fraction of sp³-hybridized carbons (Fsp3) is 0.100. The van der Waals surface area contributed by atoms with E-state index in [4.69, 9.17) is 16.3 Å². The summed E-state index contributed by atoms with van der Waals surface area (Å²) in [6.07, 6.45) is -2.09. The Kier molecular flexibility index (Phi) is 5.56. The zero-order valence-electron chi connectivity index (χ0n) is 14.5. The summed E-state index contributed by atoms with van der Waals surface area (Å²) in [7, 11) is 0. The van der Waals surface area contributed by atoms with E-state index < -0.39 is 17.8 Å². The van der Waals surface area contributed by atoms with Crippen LogP contribution in [0.2, 0.25) is 5.02 Å². The lowest BCUT2D eigenvalue weighted by Crippen LogP contribution is -2.17. The van der Waals surface area contributed by atoms with Crippen molar-refractivity contribution in [2.75, 3.05) is 5.32 Å². The molecule has 0 unspecified atom stereocenters. The van der Waals surface area contributed by atoms with E-state index >= 15 is 0 Å². The second-order valence-electron chi connectivity index (χ2n) is 5.93. The molecule has 1 amide bonds. The summed E-state index contributed by atoms with van der Waals surface area (Å²) in [5.74, 6) is 0.375. The van der Waals surface area contributed by atoms with Gasteiger partial charge in [0.15, 0.2) is 0 Å². The van der Waals surface area contributed by atoms with Crippen LogP contribution in [0.1, 0.15) is 11.1 Å². The first-order valence-corrected chi connectivity index (χ1v) is 8.48. The molecular weight excluding hydrogens is 393 g/mol. The lowest BCUT2D eigenvalue weighted by atomic mass is 10.0. The molecule has 0 atom stereocenters. The number of hydrogen-bond donors (Lipinski definition) is 1. The number of aromatic nitrogens is 1. The van der Waals surface area contributed by atoms with Crippen LogP contribution in [0, 0.1) is 6.92 Å². The Morgan fingerprint density at radius 1 is 1.11 bits per heavy atom. The fourth-order valence-corrected chi connectivity index (χ4v) is 2.70. The zero-order chi connectivity index (χ0) is 20.3. The Labute approximate surface area is 163 Å². The predicted octanol–water partition coefficient (Wildman–Crippen LogP) is 6.34. The van der Waals surface area contributed by atoms with Crippen LogP contribution in [0.3, 0.4) is 0 Å². The van der Waals surface area contributed by atoms with Gasteiger partial charge in [-0.2, -0.15) is 13.2 Å². The molecule has 3 aromatic rings. The number of carbonyl (C=O) groups is 1. The summed E-state index contributed by atoms with van der Waals surface area (Å²) in [6, 6.07) is 10.9. The number of nitrogens with zero attached hydrogens (tertiary/aromatic N) is 1. The van der Waals surface area contributed by atoms with Gasteiger partial charge in [0.25, 0.3) is 0 Å². The van der Waals surface area contributed by atoms with E-state index in [1.807, 2.05) is 0 Å². The number of aryl methyl sites for hydroxylation is 1. The van der Waals surface area contributed by atoms with Crippen molar-refractivity contribution in [1.29, 1.82) is 0 Å². The monoisotopic (exact) mass is 406 g/mol. The van der Waals surface area contributed by atoms with Crippen molar-refractivity contribution < 1.29 is 22.7 Å². The first-order chi connectivity index (χ1) is 13.2. The van der Waals surface area contributed by atoms with Crippen LogP contribution in [0.4, 0.5) is 23.7 Å². The quantitative estimate of drug-likeness (QED) is 0.552. The van der Waals surface area contributed by atoms with Crippen LogP contribution in [0.15, 0.2) is 60.9 Å². The molecule has 0 radical (unpaired) electrons. The van der Waals surface area contributed by atoms with Crippen molar-refractivity contribution in [3.05, 3.63) is 77.1 Å². The van der Waals surface area contributed by atoms with E-state index in [1.165, 1.54) is 12.3 Å². The molecular formula is C20H14ClF3N2O2. The van der Waals surface area contributed by atoms with Crippen LogP contribution in [-0.4, -0.2) is 11.1 Å². The first-order valence-electron chi connectivity index (χ1n) is 8.10. The minimum atomic E-state index is -4.46. The molecule has 1 N–H and O–H groups in total. The van der Waals surface area contributed by atoms with E-state index in [2.05, 4.69) is 10.3 Å². The van der Waals surface area contributed by atoms with Gasteiger partial charge in [-0.3, -0.25) is 10.3 Å². The van der Waals surface area contributed by atoms with Crippen LogP contribution in [-0.2, 0) is 6.18 Å². The van der Waals surface area contributed by atoms with Crippen molar-refractivity contribution >= 4 is 23.4 Å². The maximum absolute atomic E-state index is 12.9. The van der Waals surface area contributed by atoms with Crippen LogP contribution in [0.5, 0.6) is 5.75 Å². The largest absolute Gasteiger partial charge is 0.417 e. The maximum Gasteiger partial charge on any atom is 0.417 e. The van der Waals surface area contributed by atoms with Crippen molar-refractivity contribution in [2.45, 2.75) is 13.1 Å². The van der Waals surface area contributed by atoms with E-state index in [0.717, 1.165) is 12.1 Å². The highest BCUT2D eigenvalue weighted by molar-refractivity contribution is 6.33. The van der Waals surface area contributed by atoms with Gasteiger partial charge in [-0.1, -0.05) is 23.7 Å². The van der Waals surface area contributed by atoms with E-state index in [-0.39, 0.29) is 10.6 Å². The summed E-state index contributed by atoms with van der Waals surface area (Å²) < 4.78 is 44.0. The Morgan fingerprint density at radius 3 is 2.46 bits per heavy atom. The lowest BCUT2D eigenvalue weighted by molar-refractivity contribution is -0.137. The first kappa shape index (κ1) is 19.7. The number of carbonyl (C=O) groups excluding carboxylic acids is 1. The highest BCUT2D eigenvalue weighted by Crippen LogP contribution is 2.36. The molecule has 2 aromatic carbocycles. The Morgan fingerprint density at radius 2 is 1.82 bits per heavy atom. The second-order valence-corrected chi connectivity index (χ2v) is 6.33. The molecule has 0 aliphatic carbocycles. The Bertz CT molecular complexity index is 1010. The third kappa shape index (κ3) is 4.61. The average Bonchev–Trinajstić information content (AvgIpc) is 2.64. The molecule has 0 saturated heterocycles. The number of alkyl halides is 3. The van der Waals surface area contributed by atoms with E-state index in [0.29, 0.717) is 22.6 Å². The molecule has 4 nitrogen and oxygen atoms in total. The summed E-state index contributed by atoms with van der Waals surface area (Å²) in [5, 5.41) is 2.75. The molecule has 144 valence electrons. The van der Waals surface area contributed by atoms with Gasteiger partial charge in [-0.15, -0.1) is 0 Å². The smallest absolute Gasteiger partial charge is 0.410 e. The van der Waals surface area contributed by atoms with Gasteiger partial charge >= 0.3 is 12.3 Å². The number of rotatable bonds is 3. The zero-order valence-corrected chi connectivity index (χ0v) is 15.3. The standard InChI is InChI=1S/C20H14ClF3N2O2/c1-12-11-25-9-8-18(12)28-19(27)26-15-5-2-13(3-6-15)16-10-14(20(22,23)24)4-7-17(16)21/h2-11H,1H3,(H,26,27). The molecule has 0 bridgehead atoms. The molecule has 28 heavy (non-hydrogen) atoms. The van der Waals surface area contributed by atoms with Crippen molar-refractivity contribution in [1.82, 2.24) is 4.98 Å². The highest BCUT2D eigenvalue weighted by atomic mass is 35.5. The van der Waals surface area contributed by atoms with Gasteiger partial charge in [-0.05, 0) is 48.9 Å². The molecule has 0 fully saturated rings. The SMILES string of the molecule is Cc1cnccc1OC(=O)Nc1ccc(-c2cc(C(F)(F)F)ccc2Cl)cc1. The number of ether oxygens (including phenoxy) is 1. The molecule has 0 aliphatic heterocycles. The van der Waals surface area contributed by atoms with Crippen molar-refractivity contribution in [3.63, 3.8) is 0 Å². The average molecular weight is 407 g/mol. The topological polar surface area (TPSA) is 51.2 Å². The van der Waals surface area contributed by atoms with Gasteiger partial charge in [0.1, 0.15) is 5.75 Å². The number of pyridine rings is 1. The van der Waals surface area contributed by atoms with E-state index in [9.17, 15) is 18.0 Å². The highest BCUT2D eigenvalue weighted by Gasteiger charge is 2.31. The van der Waals surface area contributed by atoms with Crippen LogP contribution >= 0.6 is 11.6 Å². The van der Waals surface area contributed by atoms with Gasteiger partial charge < -0.3 is 4.74 Å². The number of nitrogens with one attached hydrogen (secondary N) is 1. The molecule has 1 heterocycles. The molecule has 0 spiro atoms. The summed E-state index contributed by atoms with van der Waals surface area (Å²) in [6.45, 7) is 1.75. The second kappa shape index (κ2) is 7.90. The molecule has 1 aromatic heterocycles. The minimum absolute atomic E-state index is 0.196. The Hall–Kier alpha value is -3.06. The van der Waals surface area contributed by atoms with Crippen LogP contribution in [0.25, 0.3) is 11.1 Å². The summed E-state index contributed by atoms with van der Waals surface area (Å²) in [5.41, 5.74) is 1.07. The summed E-state index contributed by atoms with van der Waals surface area (Å²) >= 11 is 6.05. The predicted molar refractivity (Wildman–Crippen MR) is 101 cm³/mol. The number of anilines is 1. The molecule has 8 heteroatoms. The molecule has 0 saturated carbocycles. The number of hydrogen-bond acceptors (Lipinski definition) is 3. The number of amides is 1. The maximum atomic E-state index is 12.9. The lowest BCUT2D eigenvalue weighted by Gasteiger charge is -2.12. The van der Waals surface area contributed by atoms with Crippen LogP contribution < -0.4 is 10.1 Å². The normalized spacial score (nSPS) is 11.2. The van der Waals surface area contributed by atoms with Crippen molar-refractivity contribution in [2.24, 2.45) is 0 Å². The van der Waals surface area contributed by atoms with Crippen molar-refractivity contribution in [3.8, 4) is 16.9 Å². The summed E-state index contributed by atoms with van der Waals surface area (Å²) in [4.78, 5) is 15.9. The van der Waals surface area contributed by atoms with Gasteiger partial charge in [0.2, 0.25) is 0 Å².